The van der Waals surface area contributed by atoms with E-state index in [4.69, 9.17) is 5.73 Å². The van der Waals surface area contributed by atoms with E-state index in [1.54, 1.807) is 11.0 Å². The number of nitrogens with zero attached hydrogens (tertiary/aromatic N) is 1. The van der Waals surface area contributed by atoms with Gasteiger partial charge < -0.3 is 16.0 Å². The van der Waals surface area contributed by atoms with Crippen LogP contribution in [-0.4, -0.2) is 16.5 Å². The summed E-state index contributed by atoms with van der Waals surface area (Å²) in [5.41, 5.74) is 10.8. The fourth-order valence-electron chi connectivity index (χ4n) is 5.26. The summed E-state index contributed by atoms with van der Waals surface area (Å²) in [5, 5.41) is 2.98. The first-order chi connectivity index (χ1) is 13.4. The summed E-state index contributed by atoms with van der Waals surface area (Å²) in [5.74, 6) is -0.256. The predicted octanol–water partition coefficient (Wildman–Crippen LogP) is 5.25. The van der Waals surface area contributed by atoms with Crippen molar-refractivity contribution < 1.29 is 9.18 Å². The van der Waals surface area contributed by atoms with Crippen LogP contribution in [0.25, 0.3) is 0 Å². The molecule has 4 nitrogen and oxygen atoms in total. The second-order valence-electron chi connectivity index (χ2n) is 8.92. The first-order valence-electron chi connectivity index (χ1n) is 10.2. The SMILES string of the molecule is Br.NC12CCC(c3ccc(NC(=O)N4Cc5ccc(F)cc5C4)cc3)(CC1)CC2. The molecule has 0 aromatic heterocycles. The number of carbonyl (C=O) groups is 1. The Morgan fingerprint density at radius 2 is 1.55 bits per heavy atom. The summed E-state index contributed by atoms with van der Waals surface area (Å²) in [7, 11) is 0. The summed E-state index contributed by atoms with van der Waals surface area (Å²) in [6.45, 7) is 0.963. The van der Waals surface area contributed by atoms with Gasteiger partial charge >= 0.3 is 6.03 Å². The molecule has 6 rings (SSSR count). The molecule has 6 heteroatoms. The van der Waals surface area contributed by atoms with E-state index >= 15 is 0 Å². The van der Waals surface area contributed by atoms with Crippen molar-refractivity contribution in [2.45, 2.75) is 62.6 Å². The second kappa shape index (κ2) is 7.40. The summed E-state index contributed by atoms with van der Waals surface area (Å²) in [6.07, 6.45) is 6.83. The molecule has 2 amide bonds. The number of carbonyl (C=O) groups excluding carboxylic acids is 1. The van der Waals surface area contributed by atoms with Gasteiger partial charge in [0.25, 0.3) is 0 Å². The summed E-state index contributed by atoms with van der Waals surface area (Å²) in [4.78, 5) is 14.3. The van der Waals surface area contributed by atoms with Crippen molar-refractivity contribution in [1.82, 2.24) is 4.90 Å². The predicted molar refractivity (Wildman–Crippen MR) is 118 cm³/mol. The molecule has 3 fully saturated rings. The van der Waals surface area contributed by atoms with Crippen LogP contribution in [-0.2, 0) is 18.5 Å². The molecule has 3 N–H and O–H groups in total. The molecule has 2 bridgehead atoms. The fraction of sp³-hybridized carbons (Fsp3) is 0.435. The number of rotatable bonds is 2. The summed E-state index contributed by atoms with van der Waals surface area (Å²) in [6, 6.07) is 12.9. The average molecular weight is 460 g/mol. The van der Waals surface area contributed by atoms with Crippen LogP contribution < -0.4 is 11.1 Å². The zero-order valence-corrected chi connectivity index (χ0v) is 18.1. The average Bonchev–Trinajstić information content (AvgIpc) is 3.13. The zero-order valence-electron chi connectivity index (χ0n) is 16.4. The Hall–Kier alpha value is -1.92. The maximum absolute atomic E-state index is 13.4. The number of fused-ring (bicyclic) bond motifs is 4. The van der Waals surface area contributed by atoms with Gasteiger partial charge in [-0.3, -0.25) is 0 Å². The number of anilines is 1. The quantitative estimate of drug-likeness (QED) is 0.643. The van der Waals surface area contributed by atoms with Crippen LogP contribution in [0.2, 0.25) is 0 Å². The second-order valence-corrected chi connectivity index (χ2v) is 8.92. The van der Waals surface area contributed by atoms with E-state index in [1.807, 2.05) is 12.1 Å². The highest BCUT2D eigenvalue weighted by Crippen LogP contribution is 2.52. The maximum Gasteiger partial charge on any atom is 0.322 e. The third kappa shape index (κ3) is 3.68. The van der Waals surface area contributed by atoms with Crippen LogP contribution in [0, 0.1) is 5.82 Å². The normalized spacial score (nSPS) is 27.3. The number of nitrogens with two attached hydrogens (primary N) is 1. The summed E-state index contributed by atoms with van der Waals surface area (Å²) < 4.78 is 13.4. The number of nitrogens with one attached hydrogen (secondary N) is 1. The van der Waals surface area contributed by atoms with Crippen molar-refractivity contribution in [2.75, 3.05) is 5.32 Å². The number of hydrogen-bond donors (Lipinski definition) is 2. The zero-order chi connectivity index (χ0) is 19.4. The molecular formula is C23H27BrFN3O. The lowest BCUT2D eigenvalue weighted by Crippen LogP contribution is -2.53. The van der Waals surface area contributed by atoms with Crippen LogP contribution in [0.15, 0.2) is 42.5 Å². The molecule has 0 spiro atoms. The van der Waals surface area contributed by atoms with E-state index in [0.717, 1.165) is 55.3 Å². The Balaban J connectivity index is 0.00000205. The highest BCUT2D eigenvalue weighted by molar-refractivity contribution is 8.93. The standard InChI is InChI=1S/C23H26FN3O.BrH/c24-19-4-1-16-14-27(15-17(16)13-19)21(28)26-20-5-2-18(3-6-20)22-7-10-23(25,11-8-22)12-9-22;/h1-6,13H,7-12,14-15,25H2,(H,26,28);1H. The molecule has 4 aliphatic rings. The van der Waals surface area contributed by atoms with Crippen LogP contribution in [0.4, 0.5) is 14.9 Å². The lowest BCUT2D eigenvalue weighted by atomic mass is 9.55. The van der Waals surface area contributed by atoms with Gasteiger partial charge in [-0.05, 0) is 84.9 Å². The molecule has 1 aliphatic heterocycles. The molecule has 1 heterocycles. The highest BCUT2D eigenvalue weighted by atomic mass is 79.9. The third-order valence-electron chi connectivity index (χ3n) is 7.23. The monoisotopic (exact) mass is 459 g/mol. The molecule has 0 saturated heterocycles. The fourth-order valence-corrected chi connectivity index (χ4v) is 5.26. The first-order valence-corrected chi connectivity index (χ1v) is 10.2. The lowest BCUT2D eigenvalue weighted by molar-refractivity contribution is 0.107. The third-order valence-corrected chi connectivity index (χ3v) is 7.23. The molecule has 29 heavy (non-hydrogen) atoms. The molecule has 3 saturated carbocycles. The molecule has 0 atom stereocenters. The van der Waals surface area contributed by atoms with Gasteiger partial charge in [-0.15, -0.1) is 17.0 Å². The Kier molecular flexibility index (Phi) is 5.20. The van der Waals surface area contributed by atoms with E-state index < -0.39 is 0 Å². The molecule has 154 valence electrons. The van der Waals surface area contributed by atoms with Crippen molar-refractivity contribution in [3.8, 4) is 0 Å². The largest absolute Gasteiger partial charge is 0.325 e. The van der Waals surface area contributed by atoms with E-state index in [0.29, 0.717) is 13.1 Å². The van der Waals surface area contributed by atoms with Gasteiger partial charge in [0.2, 0.25) is 0 Å². The molecule has 0 radical (unpaired) electrons. The van der Waals surface area contributed by atoms with Gasteiger partial charge in [0.05, 0.1) is 0 Å². The minimum atomic E-state index is -0.256. The van der Waals surface area contributed by atoms with Gasteiger partial charge in [-0.1, -0.05) is 18.2 Å². The molecule has 2 aromatic carbocycles. The minimum Gasteiger partial charge on any atom is -0.325 e. The number of benzene rings is 2. The number of hydrogen-bond acceptors (Lipinski definition) is 2. The van der Waals surface area contributed by atoms with E-state index in [2.05, 4.69) is 17.4 Å². The van der Waals surface area contributed by atoms with Crippen molar-refractivity contribution in [2.24, 2.45) is 5.73 Å². The van der Waals surface area contributed by atoms with Crippen molar-refractivity contribution in [1.29, 1.82) is 0 Å². The van der Waals surface area contributed by atoms with Crippen LogP contribution >= 0.6 is 17.0 Å². The molecule has 3 aliphatic carbocycles. The number of amides is 2. The molecule has 0 unspecified atom stereocenters. The Morgan fingerprint density at radius 3 is 2.21 bits per heavy atom. The van der Waals surface area contributed by atoms with Gasteiger partial charge in [0, 0.05) is 24.3 Å². The maximum atomic E-state index is 13.4. The summed E-state index contributed by atoms with van der Waals surface area (Å²) >= 11 is 0. The smallest absolute Gasteiger partial charge is 0.322 e. The van der Waals surface area contributed by atoms with E-state index in [1.165, 1.54) is 17.7 Å². The van der Waals surface area contributed by atoms with E-state index in [9.17, 15) is 9.18 Å². The number of halogens is 2. The van der Waals surface area contributed by atoms with Crippen LogP contribution in [0.5, 0.6) is 0 Å². The Bertz CT molecular complexity index is 906. The topological polar surface area (TPSA) is 58.4 Å². The van der Waals surface area contributed by atoms with Crippen LogP contribution in [0.3, 0.4) is 0 Å². The molecule has 2 aromatic rings. The van der Waals surface area contributed by atoms with Gasteiger partial charge in [-0.2, -0.15) is 0 Å². The minimum absolute atomic E-state index is 0. The van der Waals surface area contributed by atoms with Crippen molar-refractivity contribution in [3.63, 3.8) is 0 Å². The molecular weight excluding hydrogens is 433 g/mol. The van der Waals surface area contributed by atoms with Crippen molar-refractivity contribution >= 4 is 28.7 Å². The number of urea groups is 1. The van der Waals surface area contributed by atoms with Gasteiger partial charge in [-0.25, -0.2) is 9.18 Å². The van der Waals surface area contributed by atoms with Crippen LogP contribution in [0.1, 0.15) is 55.2 Å². The van der Waals surface area contributed by atoms with Gasteiger partial charge in [0.1, 0.15) is 5.82 Å². The Labute approximate surface area is 181 Å². The lowest BCUT2D eigenvalue weighted by Gasteiger charge is -2.52. The van der Waals surface area contributed by atoms with Crippen molar-refractivity contribution in [3.05, 3.63) is 65.0 Å². The highest BCUT2D eigenvalue weighted by Gasteiger charge is 2.47. The Morgan fingerprint density at radius 1 is 0.931 bits per heavy atom. The first kappa shape index (κ1) is 20.4. The van der Waals surface area contributed by atoms with E-state index in [-0.39, 0.29) is 39.8 Å². The van der Waals surface area contributed by atoms with Gasteiger partial charge in [0.15, 0.2) is 0 Å².